The molecule has 200 valence electrons. The number of nitrogens with one attached hydrogen (secondary N) is 1. The van der Waals surface area contributed by atoms with Crippen molar-refractivity contribution in [3.8, 4) is 17.2 Å². The molecule has 4 aromatic rings. The molecular formula is C29H27FN4O4S. The van der Waals surface area contributed by atoms with Gasteiger partial charge in [0, 0.05) is 30.2 Å². The maximum Gasteiger partial charge on any atom is 0.241 e. The number of hydrogen-bond donors (Lipinski definition) is 2. The van der Waals surface area contributed by atoms with Crippen LogP contribution < -0.4 is 20.5 Å². The number of thiophene rings is 1. The maximum atomic E-state index is 15.2. The van der Waals surface area contributed by atoms with Crippen LogP contribution in [-0.2, 0) is 9.59 Å². The number of nitrogens with two attached hydrogens (primary N) is 1. The number of rotatable bonds is 8. The molecule has 2 aromatic carbocycles. The van der Waals surface area contributed by atoms with Crippen LogP contribution >= 0.6 is 11.3 Å². The van der Waals surface area contributed by atoms with Crippen molar-refractivity contribution in [2.75, 3.05) is 32.6 Å². The minimum atomic E-state index is -1.42. The van der Waals surface area contributed by atoms with E-state index in [9.17, 15) is 9.59 Å². The normalized spacial score (nSPS) is 14.5. The molecule has 2 aromatic heterocycles. The van der Waals surface area contributed by atoms with Crippen LogP contribution in [0.3, 0.4) is 0 Å². The van der Waals surface area contributed by atoms with Crippen molar-refractivity contribution in [1.29, 1.82) is 0 Å². The summed E-state index contributed by atoms with van der Waals surface area (Å²) < 4.78 is 27.2. The van der Waals surface area contributed by atoms with Crippen molar-refractivity contribution in [3.05, 3.63) is 83.1 Å². The van der Waals surface area contributed by atoms with Crippen LogP contribution in [0.1, 0.15) is 22.8 Å². The first-order chi connectivity index (χ1) is 18.8. The summed E-state index contributed by atoms with van der Waals surface area (Å²) in [6.45, 7) is 1.87. The maximum absolute atomic E-state index is 15.2. The van der Waals surface area contributed by atoms with Crippen molar-refractivity contribution >= 4 is 44.6 Å². The molecule has 3 heterocycles. The second-order valence-electron chi connectivity index (χ2n) is 9.19. The molecule has 3 N–H and O–H groups in total. The molecule has 2 amide bonds. The molecule has 0 fully saturated rings. The Hall–Kier alpha value is -4.28. The molecule has 1 aliphatic rings. The minimum absolute atomic E-state index is 0.0481. The zero-order chi connectivity index (χ0) is 27.5. The average Bonchev–Trinajstić information content (AvgIpc) is 3.36. The van der Waals surface area contributed by atoms with Crippen molar-refractivity contribution in [1.82, 2.24) is 9.88 Å². The highest BCUT2D eigenvalue weighted by Crippen LogP contribution is 2.39. The Balaban J connectivity index is 1.39. The molecule has 1 aliphatic heterocycles. The standard InChI is InChI=1S/C29H27FN4O4S/c1-34-13-10-17(11-14-34)25-16-21-27(39-25)24(9-12-32-21)38-22-8-7-18(15-19(22)30)26(28(31)35)29(36)33-20-5-3-4-6-23(20)37-2/h3-10,12,15-16,26H,11,13-14H2,1-2H3,(H2,31,35)(H,33,36). The van der Waals surface area contributed by atoms with Gasteiger partial charge in [0.25, 0.3) is 0 Å². The van der Waals surface area contributed by atoms with Crippen LogP contribution in [0.15, 0.2) is 66.9 Å². The van der Waals surface area contributed by atoms with Crippen molar-refractivity contribution in [3.63, 3.8) is 0 Å². The first-order valence-electron chi connectivity index (χ1n) is 12.3. The Morgan fingerprint density at radius 3 is 2.67 bits per heavy atom. The highest BCUT2D eigenvalue weighted by Gasteiger charge is 2.28. The number of likely N-dealkylation sites (N-methyl/N-ethyl adjacent to an activating group) is 1. The quantitative estimate of drug-likeness (QED) is 0.296. The third-order valence-electron chi connectivity index (χ3n) is 6.53. The lowest BCUT2D eigenvalue weighted by Gasteiger charge is -2.21. The molecule has 8 nitrogen and oxygen atoms in total. The number of carbonyl (C=O) groups excluding carboxylic acids is 2. The summed E-state index contributed by atoms with van der Waals surface area (Å²) in [5.41, 5.74) is 8.05. The van der Waals surface area contributed by atoms with Gasteiger partial charge >= 0.3 is 0 Å². The number of anilines is 1. The second kappa shape index (κ2) is 11.2. The minimum Gasteiger partial charge on any atom is -0.495 e. The van der Waals surface area contributed by atoms with Gasteiger partial charge in [-0.2, -0.15) is 0 Å². The van der Waals surface area contributed by atoms with Gasteiger partial charge in [-0.1, -0.05) is 24.3 Å². The van der Waals surface area contributed by atoms with Gasteiger partial charge in [-0.3, -0.25) is 14.6 Å². The summed E-state index contributed by atoms with van der Waals surface area (Å²) in [5.74, 6) is -2.94. The molecule has 0 bridgehead atoms. The highest BCUT2D eigenvalue weighted by atomic mass is 32.1. The smallest absolute Gasteiger partial charge is 0.241 e. The van der Waals surface area contributed by atoms with Gasteiger partial charge in [0.15, 0.2) is 11.6 Å². The average molecular weight is 547 g/mol. The molecule has 1 atom stereocenters. The monoisotopic (exact) mass is 546 g/mol. The summed E-state index contributed by atoms with van der Waals surface area (Å²) in [6.07, 6.45) is 4.78. The van der Waals surface area contributed by atoms with Gasteiger partial charge in [0.2, 0.25) is 11.8 Å². The molecule has 1 unspecified atom stereocenters. The fraction of sp³-hybridized carbons (Fsp3) is 0.207. The lowest BCUT2D eigenvalue weighted by molar-refractivity contribution is -0.127. The Kier molecular flexibility index (Phi) is 7.58. The summed E-state index contributed by atoms with van der Waals surface area (Å²) >= 11 is 1.56. The number of amides is 2. The second-order valence-corrected chi connectivity index (χ2v) is 10.2. The zero-order valence-electron chi connectivity index (χ0n) is 21.4. The number of pyridine rings is 1. The van der Waals surface area contributed by atoms with E-state index in [2.05, 4.69) is 28.3 Å². The Morgan fingerprint density at radius 1 is 1.13 bits per heavy atom. The van der Waals surface area contributed by atoms with Crippen LogP contribution in [0.4, 0.5) is 10.1 Å². The largest absolute Gasteiger partial charge is 0.495 e. The number of aromatic nitrogens is 1. The number of carbonyl (C=O) groups is 2. The van der Waals surface area contributed by atoms with Gasteiger partial charge in [0.05, 0.1) is 23.0 Å². The number of fused-ring (bicyclic) bond motifs is 1. The third-order valence-corrected chi connectivity index (χ3v) is 7.74. The molecule has 0 aliphatic carbocycles. The summed E-state index contributed by atoms with van der Waals surface area (Å²) in [4.78, 5) is 33.0. The third kappa shape index (κ3) is 5.62. The molecule has 5 rings (SSSR count). The lowest BCUT2D eigenvalue weighted by Crippen LogP contribution is -2.32. The number of halogens is 1. The van der Waals surface area contributed by atoms with Crippen LogP contribution in [0.25, 0.3) is 15.8 Å². The Morgan fingerprint density at radius 2 is 1.95 bits per heavy atom. The predicted molar refractivity (Wildman–Crippen MR) is 150 cm³/mol. The van der Waals surface area contributed by atoms with E-state index in [0.717, 1.165) is 40.7 Å². The summed E-state index contributed by atoms with van der Waals surface area (Å²) in [7, 11) is 3.55. The van der Waals surface area contributed by atoms with Crippen LogP contribution in [-0.4, -0.2) is 48.9 Å². The van der Waals surface area contributed by atoms with Gasteiger partial charge in [-0.05, 0) is 54.9 Å². The van der Waals surface area contributed by atoms with E-state index in [1.165, 1.54) is 24.8 Å². The van der Waals surface area contributed by atoms with Gasteiger partial charge in [-0.15, -0.1) is 11.3 Å². The number of methoxy groups -OCH3 is 1. The van der Waals surface area contributed by atoms with Crippen molar-refractivity contribution < 1.29 is 23.5 Å². The number of nitrogens with zero attached hydrogens (tertiary/aromatic N) is 2. The summed E-state index contributed by atoms with van der Waals surface area (Å²) in [6, 6.07) is 14.4. The highest BCUT2D eigenvalue weighted by molar-refractivity contribution is 7.20. The van der Waals surface area contributed by atoms with E-state index in [4.69, 9.17) is 15.2 Å². The van der Waals surface area contributed by atoms with Crippen molar-refractivity contribution in [2.45, 2.75) is 12.3 Å². The van der Waals surface area contributed by atoms with E-state index in [1.54, 1.807) is 47.9 Å². The topological polar surface area (TPSA) is 107 Å². The van der Waals surface area contributed by atoms with Gasteiger partial charge in [0.1, 0.15) is 17.4 Å². The number of primary amides is 1. The molecule has 0 radical (unpaired) electrons. The fourth-order valence-electron chi connectivity index (χ4n) is 4.44. The zero-order valence-corrected chi connectivity index (χ0v) is 22.3. The summed E-state index contributed by atoms with van der Waals surface area (Å²) in [5, 5.41) is 2.64. The van der Waals surface area contributed by atoms with Crippen LogP contribution in [0, 0.1) is 5.82 Å². The van der Waals surface area contributed by atoms with E-state index in [-0.39, 0.29) is 11.3 Å². The van der Waals surface area contributed by atoms with Gasteiger partial charge < -0.3 is 25.4 Å². The Bertz CT molecular complexity index is 1580. The number of ether oxygens (including phenoxy) is 2. The molecule has 10 heteroatoms. The van der Waals surface area contributed by atoms with E-state index >= 15 is 4.39 Å². The predicted octanol–water partition coefficient (Wildman–Crippen LogP) is 5.16. The van der Waals surface area contributed by atoms with E-state index < -0.39 is 23.5 Å². The van der Waals surface area contributed by atoms with Crippen LogP contribution in [0.5, 0.6) is 17.2 Å². The molecule has 0 spiro atoms. The lowest BCUT2D eigenvalue weighted by atomic mass is 9.97. The molecule has 0 saturated heterocycles. The first kappa shape index (κ1) is 26.3. The molecular weight excluding hydrogens is 519 g/mol. The van der Waals surface area contributed by atoms with Crippen LogP contribution in [0.2, 0.25) is 0 Å². The van der Waals surface area contributed by atoms with Crippen molar-refractivity contribution in [2.24, 2.45) is 5.73 Å². The van der Waals surface area contributed by atoms with Gasteiger partial charge in [-0.25, -0.2) is 4.39 Å². The molecule has 39 heavy (non-hydrogen) atoms. The number of hydrogen-bond acceptors (Lipinski definition) is 7. The first-order valence-corrected chi connectivity index (χ1v) is 13.1. The van der Waals surface area contributed by atoms with E-state index in [0.29, 0.717) is 17.2 Å². The number of para-hydroxylation sites is 2. The SMILES string of the molecule is COc1ccccc1NC(=O)C(C(N)=O)c1ccc(Oc2ccnc3cc(C4=CCN(C)CC4)sc23)c(F)c1. The Labute approximate surface area is 228 Å². The van der Waals surface area contributed by atoms with E-state index in [1.807, 2.05) is 6.07 Å². The molecule has 0 saturated carbocycles. The fourth-order valence-corrected chi connectivity index (χ4v) is 5.58. The number of benzene rings is 2.